The van der Waals surface area contributed by atoms with Crippen LogP contribution in [0.25, 0.3) is 11.1 Å². The molecule has 1 aliphatic rings. The first-order valence-electron chi connectivity index (χ1n) is 7.59. The molecule has 24 heavy (non-hydrogen) atoms. The number of fused-ring (bicyclic) bond motifs is 1. The van der Waals surface area contributed by atoms with Gasteiger partial charge in [-0.1, -0.05) is 18.2 Å². The van der Waals surface area contributed by atoms with E-state index in [-0.39, 0.29) is 12.7 Å². The van der Waals surface area contributed by atoms with E-state index in [1.54, 1.807) is 12.1 Å². The average Bonchev–Trinajstić information content (AvgIpc) is 2.95. The largest absolute Gasteiger partial charge is 0.490 e. The Morgan fingerprint density at radius 3 is 2.58 bits per heavy atom. The van der Waals surface area contributed by atoms with Gasteiger partial charge in [-0.25, -0.2) is 0 Å². The second kappa shape index (κ2) is 6.63. The van der Waals surface area contributed by atoms with Crippen LogP contribution in [0, 0.1) is 11.3 Å². The highest BCUT2D eigenvalue weighted by atomic mass is 32.2. The molecule has 2 aromatic carbocycles. The van der Waals surface area contributed by atoms with E-state index in [1.807, 2.05) is 24.3 Å². The molecule has 0 amide bonds. The number of nitrogens with zero attached hydrogens (tertiary/aromatic N) is 1. The number of nitriles is 1. The van der Waals surface area contributed by atoms with Gasteiger partial charge in [0.25, 0.3) is 10.1 Å². The van der Waals surface area contributed by atoms with Crippen LogP contribution in [0.4, 0.5) is 0 Å². The summed E-state index contributed by atoms with van der Waals surface area (Å²) in [6.45, 7) is 0.125. The fourth-order valence-electron chi connectivity index (χ4n) is 2.73. The van der Waals surface area contributed by atoms with Crippen molar-refractivity contribution < 1.29 is 17.3 Å². The van der Waals surface area contributed by atoms with Gasteiger partial charge in [0, 0.05) is 12.8 Å². The maximum Gasteiger partial charge on any atom is 0.264 e. The molecule has 0 spiro atoms. The van der Waals surface area contributed by atoms with Gasteiger partial charge in [-0.15, -0.1) is 0 Å². The highest BCUT2D eigenvalue weighted by Crippen LogP contribution is 2.34. The van der Waals surface area contributed by atoms with Crippen LogP contribution in [-0.2, 0) is 20.7 Å². The van der Waals surface area contributed by atoms with Gasteiger partial charge >= 0.3 is 0 Å². The second-order valence-electron chi connectivity index (χ2n) is 5.77. The molecule has 1 unspecified atom stereocenters. The fourth-order valence-corrected chi connectivity index (χ4v) is 3.13. The summed E-state index contributed by atoms with van der Waals surface area (Å²) in [5, 5.41) is 8.86. The SMILES string of the molecule is CS(=O)(=O)OCCC1Cc2cc(-c3ccc(C#N)cc3)ccc2O1. The summed E-state index contributed by atoms with van der Waals surface area (Å²) in [5.41, 5.74) is 3.84. The molecule has 124 valence electrons. The standard InChI is InChI=1S/C18H17NO4S/c1-24(20,21)22-9-8-17-11-16-10-15(6-7-18(16)23-17)14-4-2-13(12-19)3-5-14/h2-7,10,17H,8-9,11H2,1H3. The number of ether oxygens (including phenoxy) is 1. The number of hydrogen-bond acceptors (Lipinski definition) is 5. The molecule has 0 saturated carbocycles. The summed E-state index contributed by atoms with van der Waals surface area (Å²) in [7, 11) is -3.41. The first-order valence-corrected chi connectivity index (χ1v) is 9.41. The summed E-state index contributed by atoms with van der Waals surface area (Å²) in [6, 6.07) is 15.5. The molecule has 0 N–H and O–H groups in total. The van der Waals surface area contributed by atoms with Gasteiger partial charge in [-0.3, -0.25) is 4.18 Å². The van der Waals surface area contributed by atoms with Crippen molar-refractivity contribution in [1.82, 2.24) is 0 Å². The normalized spacial score (nSPS) is 16.2. The molecule has 3 rings (SSSR count). The summed E-state index contributed by atoms with van der Waals surface area (Å²) in [6.07, 6.45) is 2.22. The Balaban J connectivity index is 1.68. The molecular weight excluding hydrogens is 326 g/mol. The highest BCUT2D eigenvalue weighted by molar-refractivity contribution is 7.85. The lowest BCUT2D eigenvalue weighted by Crippen LogP contribution is -2.17. The van der Waals surface area contributed by atoms with Crippen molar-refractivity contribution in [3.05, 3.63) is 53.6 Å². The second-order valence-corrected chi connectivity index (χ2v) is 7.41. The Morgan fingerprint density at radius 2 is 1.92 bits per heavy atom. The van der Waals surface area contributed by atoms with E-state index in [2.05, 4.69) is 12.1 Å². The third-order valence-electron chi connectivity index (χ3n) is 3.89. The average molecular weight is 343 g/mol. The number of rotatable bonds is 5. The minimum absolute atomic E-state index is 0.0713. The molecule has 1 heterocycles. The third-order valence-corrected chi connectivity index (χ3v) is 4.48. The molecule has 2 aromatic rings. The Morgan fingerprint density at radius 1 is 1.21 bits per heavy atom. The number of hydrogen-bond donors (Lipinski definition) is 0. The quantitative estimate of drug-likeness (QED) is 0.780. The predicted molar refractivity (Wildman–Crippen MR) is 90.1 cm³/mol. The minimum Gasteiger partial charge on any atom is -0.490 e. The van der Waals surface area contributed by atoms with Crippen molar-refractivity contribution in [3.63, 3.8) is 0 Å². The molecule has 0 radical (unpaired) electrons. The lowest BCUT2D eigenvalue weighted by molar-refractivity contribution is 0.187. The fraction of sp³-hybridized carbons (Fsp3) is 0.278. The van der Waals surface area contributed by atoms with E-state index >= 15 is 0 Å². The zero-order valence-corrected chi connectivity index (χ0v) is 14.0. The summed E-state index contributed by atoms with van der Waals surface area (Å²) in [4.78, 5) is 0. The van der Waals surface area contributed by atoms with Crippen molar-refractivity contribution >= 4 is 10.1 Å². The topological polar surface area (TPSA) is 76.4 Å². The minimum atomic E-state index is -3.41. The van der Waals surface area contributed by atoms with Crippen molar-refractivity contribution in [2.45, 2.75) is 18.9 Å². The van der Waals surface area contributed by atoms with Crippen LogP contribution in [-0.4, -0.2) is 27.4 Å². The summed E-state index contributed by atoms with van der Waals surface area (Å²) >= 11 is 0. The molecule has 1 aliphatic heterocycles. The predicted octanol–water partition coefficient (Wildman–Crippen LogP) is 2.90. The van der Waals surface area contributed by atoms with Crippen LogP contribution in [0.5, 0.6) is 5.75 Å². The molecule has 0 aromatic heterocycles. The number of benzene rings is 2. The molecule has 5 nitrogen and oxygen atoms in total. The zero-order valence-electron chi connectivity index (χ0n) is 13.2. The van der Waals surface area contributed by atoms with Crippen LogP contribution >= 0.6 is 0 Å². The van der Waals surface area contributed by atoms with Crippen LogP contribution in [0.3, 0.4) is 0 Å². The molecule has 1 atom stereocenters. The molecule has 0 bridgehead atoms. The lowest BCUT2D eigenvalue weighted by Gasteiger charge is -2.09. The van der Waals surface area contributed by atoms with E-state index in [4.69, 9.17) is 14.2 Å². The monoisotopic (exact) mass is 343 g/mol. The van der Waals surface area contributed by atoms with Crippen LogP contribution < -0.4 is 4.74 Å². The summed E-state index contributed by atoms with van der Waals surface area (Å²) in [5.74, 6) is 0.830. The van der Waals surface area contributed by atoms with E-state index in [1.165, 1.54) is 0 Å². The van der Waals surface area contributed by atoms with Gasteiger partial charge in [-0.2, -0.15) is 13.7 Å². The van der Waals surface area contributed by atoms with Crippen molar-refractivity contribution in [2.24, 2.45) is 0 Å². The van der Waals surface area contributed by atoms with Crippen molar-refractivity contribution in [3.8, 4) is 22.9 Å². The van der Waals surface area contributed by atoms with Crippen LogP contribution in [0.2, 0.25) is 0 Å². The van der Waals surface area contributed by atoms with Crippen LogP contribution in [0.1, 0.15) is 17.5 Å². The van der Waals surface area contributed by atoms with Gasteiger partial charge in [0.2, 0.25) is 0 Å². The highest BCUT2D eigenvalue weighted by Gasteiger charge is 2.23. The van der Waals surface area contributed by atoms with Crippen LogP contribution in [0.15, 0.2) is 42.5 Å². The smallest absolute Gasteiger partial charge is 0.264 e. The molecule has 0 fully saturated rings. The first kappa shape index (κ1) is 16.5. The molecule has 6 heteroatoms. The maximum absolute atomic E-state index is 11.0. The van der Waals surface area contributed by atoms with Gasteiger partial charge in [-0.05, 0) is 41.0 Å². The van der Waals surface area contributed by atoms with Crippen molar-refractivity contribution in [2.75, 3.05) is 12.9 Å². The lowest BCUT2D eigenvalue weighted by atomic mass is 10.00. The van der Waals surface area contributed by atoms with Gasteiger partial charge in [0.1, 0.15) is 11.9 Å². The molecule has 0 saturated heterocycles. The third kappa shape index (κ3) is 3.94. The van der Waals surface area contributed by atoms with Crippen molar-refractivity contribution in [1.29, 1.82) is 5.26 Å². The van der Waals surface area contributed by atoms with E-state index in [9.17, 15) is 8.42 Å². The van der Waals surface area contributed by atoms with E-state index in [0.717, 1.165) is 35.1 Å². The molecular formula is C18H17NO4S. The van der Waals surface area contributed by atoms with Gasteiger partial charge in [0.05, 0.1) is 24.5 Å². The van der Waals surface area contributed by atoms with E-state index < -0.39 is 10.1 Å². The zero-order chi connectivity index (χ0) is 17.2. The van der Waals surface area contributed by atoms with E-state index in [0.29, 0.717) is 12.0 Å². The maximum atomic E-state index is 11.0. The first-order chi connectivity index (χ1) is 11.4. The Kier molecular flexibility index (Phi) is 4.56. The Labute approximate surface area is 141 Å². The van der Waals surface area contributed by atoms with Gasteiger partial charge in [0.15, 0.2) is 0 Å². The van der Waals surface area contributed by atoms with Gasteiger partial charge < -0.3 is 4.74 Å². The summed E-state index contributed by atoms with van der Waals surface area (Å²) < 4.78 is 32.6. The Hall–Kier alpha value is -2.36. The molecule has 0 aliphatic carbocycles. The Bertz CT molecular complexity index is 882.